The van der Waals surface area contributed by atoms with Crippen LogP contribution in [0.15, 0.2) is 22.7 Å². The van der Waals surface area contributed by atoms with Crippen molar-refractivity contribution in [3.63, 3.8) is 0 Å². The molecule has 1 aromatic rings. The van der Waals surface area contributed by atoms with E-state index < -0.39 is 0 Å². The molecule has 0 aliphatic carbocycles. The quantitative estimate of drug-likeness (QED) is 0.710. The maximum absolute atomic E-state index is 10.8. The van der Waals surface area contributed by atoms with Crippen LogP contribution in [0.3, 0.4) is 0 Å². The maximum atomic E-state index is 10.8. The molecule has 0 spiro atoms. The van der Waals surface area contributed by atoms with E-state index in [0.29, 0.717) is 5.56 Å². The molecule has 2 N–H and O–H groups in total. The Bertz CT molecular complexity index is 300. The first kappa shape index (κ1) is 8.82. The van der Waals surface area contributed by atoms with Crippen LogP contribution in [0.1, 0.15) is 10.4 Å². The van der Waals surface area contributed by atoms with Gasteiger partial charge in [0.05, 0.1) is 0 Å². The van der Waals surface area contributed by atoms with Gasteiger partial charge in [-0.05, 0) is 0 Å². The molecule has 4 heteroatoms. The van der Waals surface area contributed by atoms with E-state index in [2.05, 4.69) is 15.9 Å². The minimum atomic E-state index is -0.370. The molecule has 0 saturated carbocycles. The van der Waals surface area contributed by atoms with Crippen LogP contribution >= 0.6 is 15.9 Å². The Morgan fingerprint density at radius 2 is 2.18 bits per heavy atom. The second kappa shape index (κ2) is 3.42. The van der Waals surface area contributed by atoms with Gasteiger partial charge in [0, 0.05) is 0 Å². The van der Waals surface area contributed by atoms with E-state index in [1.54, 1.807) is 6.07 Å². The average molecular weight is 276 g/mol. The van der Waals surface area contributed by atoms with E-state index in [1.807, 2.05) is 12.1 Å². The number of amides is 1. The van der Waals surface area contributed by atoms with Gasteiger partial charge in [0.25, 0.3) is 0 Å². The summed E-state index contributed by atoms with van der Waals surface area (Å²) in [5.74, 6) is -0.370. The number of carbonyl (C=O) groups is 1. The fourth-order valence-electron chi connectivity index (χ4n) is 0.742. The number of benzene rings is 1. The standard InChI is InChI=1S/C7H7AsBrNO/c8-6-2-1-4(9)3-5(6)7(10)11/h1-3H,8H2,(H2,10,11). The van der Waals surface area contributed by atoms with Gasteiger partial charge in [0.1, 0.15) is 0 Å². The molecule has 58 valence electrons. The molecule has 11 heavy (non-hydrogen) atoms. The van der Waals surface area contributed by atoms with Crippen molar-refractivity contribution < 1.29 is 4.79 Å². The van der Waals surface area contributed by atoms with Crippen LogP contribution < -0.4 is 10.1 Å². The third kappa shape index (κ3) is 2.08. The van der Waals surface area contributed by atoms with Crippen molar-refractivity contribution in [3.05, 3.63) is 28.2 Å². The molecule has 0 bridgehead atoms. The Morgan fingerprint density at radius 1 is 1.55 bits per heavy atom. The van der Waals surface area contributed by atoms with Gasteiger partial charge in [-0.2, -0.15) is 0 Å². The van der Waals surface area contributed by atoms with Gasteiger partial charge in [0.2, 0.25) is 0 Å². The third-order valence-electron chi connectivity index (χ3n) is 1.28. The second-order valence-corrected chi connectivity index (χ2v) is 4.32. The summed E-state index contributed by atoms with van der Waals surface area (Å²) in [6, 6.07) is 5.51. The molecule has 1 rings (SSSR count). The Morgan fingerprint density at radius 3 is 2.64 bits per heavy atom. The van der Waals surface area contributed by atoms with Crippen LogP contribution in [0.25, 0.3) is 0 Å². The van der Waals surface area contributed by atoms with Gasteiger partial charge < -0.3 is 0 Å². The summed E-state index contributed by atoms with van der Waals surface area (Å²) < 4.78 is 1.85. The fourth-order valence-corrected chi connectivity index (χ4v) is 1.78. The normalized spacial score (nSPS) is 9.64. The summed E-state index contributed by atoms with van der Waals surface area (Å²) in [5, 5.41) is 0. The van der Waals surface area contributed by atoms with E-state index in [9.17, 15) is 4.79 Å². The summed E-state index contributed by atoms with van der Waals surface area (Å²) in [6.07, 6.45) is 0. The Kier molecular flexibility index (Phi) is 2.74. The molecule has 0 heterocycles. The van der Waals surface area contributed by atoms with Crippen LogP contribution in [0.2, 0.25) is 0 Å². The molecule has 0 radical (unpaired) electrons. The first-order valence-electron chi connectivity index (χ1n) is 2.96. The van der Waals surface area contributed by atoms with Crippen molar-refractivity contribution in [2.24, 2.45) is 5.73 Å². The van der Waals surface area contributed by atoms with Crippen LogP contribution in [0.4, 0.5) is 0 Å². The molecule has 0 saturated heterocycles. The summed E-state index contributed by atoms with van der Waals surface area (Å²) >= 11 is 4.67. The van der Waals surface area contributed by atoms with E-state index in [4.69, 9.17) is 5.73 Å². The van der Waals surface area contributed by atoms with Crippen molar-refractivity contribution in [1.82, 2.24) is 0 Å². The molecule has 0 aliphatic rings. The van der Waals surface area contributed by atoms with Gasteiger partial charge >= 0.3 is 81.8 Å². The SMILES string of the molecule is NC(=O)c1cc(Br)ccc1[AsH2]. The van der Waals surface area contributed by atoms with Gasteiger partial charge in [-0.25, -0.2) is 0 Å². The van der Waals surface area contributed by atoms with Crippen LogP contribution in [0.5, 0.6) is 0 Å². The van der Waals surface area contributed by atoms with Crippen molar-refractivity contribution in [2.45, 2.75) is 0 Å². The van der Waals surface area contributed by atoms with E-state index in [-0.39, 0.29) is 5.91 Å². The zero-order valence-electron chi connectivity index (χ0n) is 5.67. The molecule has 1 aromatic carbocycles. The summed E-state index contributed by atoms with van der Waals surface area (Å²) in [4.78, 5) is 10.8. The summed E-state index contributed by atoms with van der Waals surface area (Å²) in [5.41, 5.74) is 5.73. The van der Waals surface area contributed by atoms with Crippen molar-refractivity contribution >= 4 is 43.0 Å². The molecular formula is C7H7AsBrNO. The van der Waals surface area contributed by atoms with Crippen LogP contribution in [-0.2, 0) is 0 Å². The molecular weight excluding hydrogens is 269 g/mol. The Hall–Kier alpha value is -0.272. The fraction of sp³-hybridized carbons (Fsp3) is 0. The van der Waals surface area contributed by atoms with Crippen molar-refractivity contribution in [2.75, 3.05) is 0 Å². The number of nitrogens with two attached hydrogens (primary N) is 1. The molecule has 0 aromatic heterocycles. The minimum absolute atomic E-state index is 0.370. The van der Waals surface area contributed by atoms with E-state index >= 15 is 0 Å². The number of rotatable bonds is 1. The zero-order chi connectivity index (χ0) is 8.43. The number of halogens is 1. The van der Waals surface area contributed by atoms with Crippen molar-refractivity contribution in [1.29, 1.82) is 0 Å². The first-order valence-corrected chi connectivity index (χ1v) is 4.96. The molecule has 0 fully saturated rings. The molecule has 1 amide bonds. The van der Waals surface area contributed by atoms with E-state index in [1.165, 1.54) is 16.9 Å². The Labute approximate surface area is 81.8 Å². The third-order valence-corrected chi connectivity index (χ3v) is 2.83. The molecule has 0 aliphatic heterocycles. The van der Waals surface area contributed by atoms with Crippen LogP contribution in [0, 0.1) is 0 Å². The molecule has 2 nitrogen and oxygen atoms in total. The van der Waals surface area contributed by atoms with Crippen LogP contribution in [-0.4, -0.2) is 22.8 Å². The predicted molar refractivity (Wildman–Crippen MR) is 50.8 cm³/mol. The summed E-state index contributed by atoms with van der Waals surface area (Å²) in [7, 11) is 0. The first-order chi connectivity index (χ1) is 5.11. The second-order valence-electron chi connectivity index (χ2n) is 2.10. The van der Waals surface area contributed by atoms with Gasteiger partial charge in [-0.3, -0.25) is 0 Å². The zero-order valence-corrected chi connectivity index (χ0v) is 9.68. The number of carbonyl (C=O) groups excluding carboxylic acids is 1. The molecule has 1 unspecified atom stereocenters. The number of hydrogen-bond donors (Lipinski definition) is 1. The monoisotopic (exact) mass is 275 g/mol. The number of hydrogen-bond acceptors (Lipinski definition) is 1. The summed E-state index contributed by atoms with van der Waals surface area (Å²) in [6.45, 7) is 0. The van der Waals surface area contributed by atoms with Gasteiger partial charge in [-0.15, -0.1) is 0 Å². The number of primary amides is 1. The van der Waals surface area contributed by atoms with E-state index in [0.717, 1.165) is 8.82 Å². The van der Waals surface area contributed by atoms with Gasteiger partial charge in [-0.1, -0.05) is 0 Å². The Balaban J connectivity index is 3.23. The topological polar surface area (TPSA) is 43.1 Å². The van der Waals surface area contributed by atoms with Gasteiger partial charge in [0.15, 0.2) is 0 Å². The van der Waals surface area contributed by atoms with Crippen molar-refractivity contribution in [3.8, 4) is 0 Å². The average Bonchev–Trinajstić information content (AvgIpc) is 1.94. The predicted octanol–water partition coefficient (Wildman–Crippen LogP) is -0.194. The molecule has 1 atom stereocenters.